The molecule has 0 aromatic carbocycles. The van der Waals surface area contributed by atoms with Crippen molar-refractivity contribution >= 4 is 29.3 Å². The van der Waals surface area contributed by atoms with E-state index in [-0.39, 0.29) is 4.70 Å². The molecule has 0 amide bonds. The van der Waals surface area contributed by atoms with Gasteiger partial charge in [-0.2, -0.15) is 0 Å². The van der Waals surface area contributed by atoms with Crippen molar-refractivity contribution in [2.24, 2.45) is 0 Å². The van der Waals surface area contributed by atoms with Crippen LogP contribution in [0.25, 0.3) is 0 Å². The van der Waals surface area contributed by atoms with Gasteiger partial charge in [-0.15, -0.1) is 0 Å². The Morgan fingerprint density at radius 3 is 0.0970 bits per heavy atom. The predicted octanol–water partition coefficient (Wildman–Crippen LogP) is 5.69. The summed E-state index contributed by atoms with van der Waals surface area (Å²) in [4.78, 5) is 0. The van der Waals surface area contributed by atoms with Crippen molar-refractivity contribution in [3.8, 4) is 0 Å². The SMILES string of the molecule is CC[N+](CC)(CC)CC.CC[N+](CC)(CC)CC.CC[N+](CC)(CC)CC.CC[N+](CC)(CC)CC.CC[N+](CC)(CC)CC.CC[N+](CC)(CC)CC.CC[N+](CC)(CC)CC.CC[N+](CC)(CC)CC.CC[N+](CC)(CC)CC.CC[N+](CC)(CC)CC.CC[N+](CC)(CC)CC.CC[N+](CC)(CC)CC.CC[N+](CC)(CC)CC.[F-].[O-]B([O-])[O-].[O-]B([O-])[O-].[O-]B([O-])[O-].[O-]B([O-])[O-]. The van der Waals surface area contributed by atoms with Gasteiger partial charge in [0.2, 0.25) is 0 Å². The molecule has 134 heavy (non-hydrogen) atoms. The average Bonchev–Trinajstić information content (AvgIpc) is 1.04. The van der Waals surface area contributed by atoms with E-state index in [1.54, 1.807) is 0 Å². The zero-order valence-corrected chi connectivity index (χ0v) is 102. The zero-order valence-electron chi connectivity index (χ0n) is 102. The first-order valence-electron chi connectivity index (χ1n) is 56.0. The van der Waals surface area contributed by atoms with Crippen molar-refractivity contribution in [2.45, 2.75) is 360 Å². The van der Waals surface area contributed by atoms with Gasteiger partial charge in [-0.05, 0) is 360 Å². The van der Waals surface area contributed by atoms with Crippen LogP contribution in [-0.4, -0.2) is 428 Å². The summed E-state index contributed by atoms with van der Waals surface area (Å²) in [5.74, 6) is 0. The number of hydrogen-bond acceptors (Lipinski definition) is 12. The summed E-state index contributed by atoms with van der Waals surface area (Å²) in [6.45, 7) is 185. The van der Waals surface area contributed by atoms with E-state index in [0.29, 0.717) is 0 Å². The molecule has 0 aliphatic heterocycles. The molecule has 0 saturated carbocycles. The second kappa shape index (κ2) is 114. The van der Waals surface area contributed by atoms with Crippen LogP contribution in [0.2, 0.25) is 0 Å². The summed E-state index contributed by atoms with van der Waals surface area (Å²) in [6.07, 6.45) is 0. The molecule has 30 heteroatoms. The third-order valence-corrected chi connectivity index (χ3v) is 34.9. The lowest BCUT2D eigenvalue weighted by Crippen LogP contribution is -3.00. The minimum absolute atomic E-state index is 0. The fourth-order valence-corrected chi connectivity index (χ4v) is 17.4. The Kier molecular flexibility index (Phi) is 149. The topological polar surface area (TPSA) is 277 Å². The average molecular weight is 1950 g/mol. The summed E-state index contributed by atoms with van der Waals surface area (Å²) in [6, 6.07) is 0. The van der Waals surface area contributed by atoms with Gasteiger partial charge in [0.1, 0.15) is 0 Å². The van der Waals surface area contributed by atoms with Crippen molar-refractivity contribution in [1.29, 1.82) is 0 Å². The molecule has 0 N–H and O–H groups in total. The maximum absolute atomic E-state index is 8.42. The van der Waals surface area contributed by atoms with E-state index < -0.39 is 29.3 Å². The normalized spacial score (nSPS) is 11.3. The molecule has 0 atom stereocenters. The highest BCUT2D eigenvalue weighted by Crippen LogP contribution is 2.12. The minimum Gasteiger partial charge on any atom is -1.00 e. The van der Waals surface area contributed by atoms with Gasteiger partial charge in [0.15, 0.2) is 0 Å². The molecule has 0 aliphatic rings. The Hall–Kier alpha value is -0.810. The third-order valence-electron chi connectivity index (χ3n) is 34.9. The molecule has 0 spiro atoms. The standard InChI is InChI=1S/13C8H20N.4BO3.FH/c13*1-5-9(6-2,7-3)8-4;4*2-1(3)4;/h13*5-8H2,1-4H3;;;;;1H/q13*+1;4*-3;/p-1. The molecule has 832 valence electrons. The second-order valence-electron chi connectivity index (χ2n) is 35.0. The smallest absolute Gasteiger partial charge is 0.0757 e. The Morgan fingerprint density at radius 2 is 0.0970 bits per heavy atom. The molecule has 0 aromatic rings. The van der Waals surface area contributed by atoms with Gasteiger partial charge >= 0.3 is 0 Å². The van der Waals surface area contributed by atoms with E-state index in [1.165, 1.54) is 399 Å². The first-order chi connectivity index (χ1) is 62.1. The molecule has 0 aromatic heterocycles. The summed E-state index contributed by atoms with van der Waals surface area (Å²) < 4.78 is 16.6. The maximum Gasteiger partial charge on any atom is 0.0757 e. The number of hydrogen-bond donors (Lipinski definition) is 0. The van der Waals surface area contributed by atoms with E-state index in [2.05, 4.69) is 360 Å². The first-order valence-corrected chi connectivity index (χ1v) is 56.0. The number of quaternary nitrogens is 13. The lowest BCUT2D eigenvalue weighted by molar-refractivity contribution is -0.921. The summed E-state index contributed by atoms with van der Waals surface area (Å²) in [5, 5.41) is 101. The molecule has 0 radical (unpaired) electrons. The van der Waals surface area contributed by atoms with E-state index in [0.717, 1.165) is 0 Å². The van der Waals surface area contributed by atoms with Crippen LogP contribution in [0, 0.1) is 0 Å². The summed E-state index contributed by atoms with van der Waals surface area (Å²) in [7, 11) is -11.7. The Morgan fingerprint density at radius 1 is 0.0821 bits per heavy atom. The van der Waals surface area contributed by atoms with Gasteiger partial charge in [0, 0.05) is 0 Å². The van der Waals surface area contributed by atoms with Gasteiger partial charge in [0.05, 0.1) is 340 Å². The lowest BCUT2D eigenvalue weighted by atomic mass is 10.3. The van der Waals surface area contributed by atoms with E-state index in [9.17, 15) is 0 Å². The Labute approximate surface area is 848 Å². The van der Waals surface area contributed by atoms with Crippen molar-refractivity contribution in [3.05, 3.63) is 0 Å². The Balaban J connectivity index is -0.0000000670. The zero-order chi connectivity index (χ0) is 110. The van der Waals surface area contributed by atoms with Gasteiger partial charge in [-0.1, -0.05) is 0 Å². The van der Waals surface area contributed by atoms with Gasteiger partial charge in [0.25, 0.3) is 0 Å². The lowest BCUT2D eigenvalue weighted by Gasteiger charge is -2.35. The van der Waals surface area contributed by atoms with E-state index in [1.807, 2.05) is 0 Å². The van der Waals surface area contributed by atoms with Crippen LogP contribution < -0.4 is 65.0 Å². The fraction of sp³-hybridized carbons (Fsp3) is 1.00. The molecule has 0 heterocycles. The highest BCUT2D eigenvalue weighted by molar-refractivity contribution is 6.24. The van der Waals surface area contributed by atoms with Gasteiger partial charge in [-0.25, -0.2) is 0 Å². The molecule has 0 fully saturated rings. The monoisotopic (exact) mass is 1950 g/mol. The largest absolute Gasteiger partial charge is 1.00 e. The molecule has 0 unspecified atom stereocenters. The number of halogens is 1. The Bertz CT molecular complexity index is 1350. The van der Waals surface area contributed by atoms with Gasteiger partial charge < -0.3 is 123 Å². The molecule has 0 rings (SSSR count). The van der Waals surface area contributed by atoms with Gasteiger partial charge in [-0.3, -0.25) is 29.3 Å². The highest BCUT2D eigenvalue weighted by atomic mass is 19.0. The van der Waals surface area contributed by atoms with Crippen LogP contribution >= 0.6 is 0 Å². The van der Waals surface area contributed by atoms with Crippen LogP contribution in [0.15, 0.2) is 0 Å². The number of nitrogens with zero attached hydrogens (tertiary/aromatic N) is 13. The summed E-state index contributed by atoms with van der Waals surface area (Å²) >= 11 is 0. The van der Waals surface area contributed by atoms with Crippen molar-refractivity contribution < 1.29 is 123 Å². The maximum atomic E-state index is 8.42. The van der Waals surface area contributed by atoms with Crippen LogP contribution in [0.1, 0.15) is 360 Å². The molecular weight excluding hydrogens is 1690 g/mol. The van der Waals surface area contributed by atoms with Crippen LogP contribution in [0.5, 0.6) is 0 Å². The predicted molar refractivity (Wildman–Crippen MR) is 575 cm³/mol. The van der Waals surface area contributed by atoms with E-state index >= 15 is 0 Å². The highest BCUT2D eigenvalue weighted by Gasteiger charge is 2.25. The van der Waals surface area contributed by atoms with Crippen LogP contribution in [0.3, 0.4) is 0 Å². The quantitative estimate of drug-likeness (QED) is 0.0525. The summed E-state index contributed by atoms with van der Waals surface area (Å²) in [5.41, 5.74) is 0. The molecule has 0 bridgehead atoms. The fourth-order valence-electron chi connectivity index (χ4n) is 17.4. The van der Waals surface area contributed by atoms with Crippen LogP contribution in [-0.2, 0) is 0 Å². The van der Waals surface area contributed by atoms with Crippen molar-refractivity contribution in [2.75, 3.05) is 340 Å². The van der Waals surface area contributed by atoms with Crippen molar-refractivity contribution in [3.63, 3.8) is 0 Å². The molecular formula is C104H260B4FN13O12. The second-order valence-corrected chi connectivity index (χ2v) is 35.0. The van der Waals surface area contributed by atoms with Crippen LogP contribution in [0.4, 0.5) is 0 Å². The number of rotatable bonds is 52. The first kappa shape index (κ1) is 175. The molecule has 25 nitrogen and oxygen atoms in total. The molecule has 0 aliphatic carbocycles. The third kappa shape index (κ3) is 92.3. The molecule has 0 saturated heterocycles. The van der Waals surface area contributed by atoms with Crippen molar-refractivity contribution in [1.82, 2.24) is 0 Å². The van der Waals surface area contributed by atoms with E-state index in [4.69, 9.17) is 60.3 Å². The minimum atomic E-state index is -2.92.